The molecule has 0 aromatic heterocycles. The average molecular weight is 302 g/mol. The molecule has 1 unspecified atom stereocenters. The summed E-state index contributed by atoms with van der Waals surface area (Å²) in [5.41, 5.74) is 6.47. The van der Waals surface area contributed by atoms with Crippen LogP contribution in [0.5, 0.6) is 0 Å². The Morgan fingerprint density at radius 2 is 1.68 bits per heavy atom. The molecule has 5 heteroatoms. The number of halogens is 4. The van der Waals surface area contributed by atoms with Gasteiger partial charge in [0.05, 0.1) is 0 Å². The van der Waals surface area contributed by atoms with Gasteiger partial charge >= 0.3 is 0 Å². The maximum atomic E-state index is 13.6. The van der Waals surface area contributed by atoms with Crippen molar-refractivity contribution in [3.05, 3.63) is 69.2 Å². The fourth-order valence-corrected chi connectivity index (χ4v) is 2.29. The Labute approximate surface area is 119 Å². The summed E-state index contributed by atoms with van der Waals surface area (Å²) in [5, 5.41) is 0.900. The number of rotatable bonds is 3. The summed E-state index contributed by atoms with van der Waals surface area (Å²) in [6.45, 7) is 0. The maximum absolute atomic E-state index is 13.6. The van der Waals surface area contributed by atoms with Crippen molar-refractivity contribution in [2.45, 2.75) is 12.5 Å². The number of benzene rings is 2. The molecule has 2 aromatic rings. The van der Waals surface area contributed by atoms with E-state index in [0.29, 0.717) is 15.6 Å². The van der Waals surface area contributed by atoms with Crippen molar-refractivity contribution in [3.8, 4) is 0 Å². The maximum Gasteiger partial charge on any atom is 0.129 e. The van der Waals surface area contributed by atoms with Crippen LogP contribution in [0.25, 0.3) is 0 Å². The molecule has 2 N–H and O–H groups in total. The highest BCUT2D eigenvalue weighted by Gasteiger charge is 2.16. The molecule has 1 atom stereocenters. The largest absolute Gasteiger partial charge is 0.324 e. The molecule has 0 aliphatic heterocycles. The van der Waals surface area contributed by atoms with Crippen LogP contribution in [-0.4, -0.2) is 0 Å². The highest BCUT2D eigenvalue weighted by molar-refractivity contribution is 6.33. The van der Waals surface area contributed by atoms with Gasteiger partial charge in [0.2, 0.25) is 0 Å². The fraction of sp³-hybridized carbons (Fsp3) is 0.143. The molecule has 19 heavy (non-hydrogen) atoms. The lowest BCUT2D eigenvalue weighted by atomic mass is 9.99. The van der Waals surface area contributed by atoms with Gasteiger partial charge in [-0.3, -0.25) is 0 Å². The van der Waals surface area contributed by atoms with Gasteiger partial charge in [0.15, 0.2) is 0 Å². The minimum atomic E-state index is -0.627. The van der Waals surface area contributed by atoms with Crippen LogP contribution in [0.1, 0.15) is 17.2 Å². The summed E-state index contributed by atoms with van der Waals surface area (Å²) >= 11 is 11.9. The van der Waals surface area contributed by atoms with E-state index in [2.05, 4.69) is 0 Å². The first-order chi connectivity index (χ1) is 8.99. The summed E-state index contributed by atoms with van der Waals surface area (Å²) in [6, 6.07) is 7.92. The molecule has 0 amide bonds. The van der Waals surface area contributed by atoms with E-state index in [1.807, 2.05) is 0 Å². The lowest BCUT2D eigenvalue weighted by Crippen LogP contribution is -2.15. The smallest absolute Gasteiger partial charge is 0.129 e. The van der Waals surface area contributed by atoms with E-state index in [1.165, 1.54) is 18.2 Å². The zero-order valence-electron chi connectivity index (χ0n) is 9.84. The number of hydrogen-bond donors (Lipinski definition) is 1. The Morgan fingerprint density at radius 3 is 2.32 bits per heavy atom. The van der Waals surface area contributed by atoms with Crippen LogP contribution in [-0.2, 0) is 6.42 Å². The summed E-state index contributed by atoms with van der Waals surface area (Å²) in [4.78, 5) is 0. The Balaban J connectivity index is 2.31. The lowest BCUT2D eigenvalue weighted by Gasteiger charge is -2.15. The number of nitrogens with two attached hydrogens (primary N) is 1. The monoisotopic (exact) mass is 301 g/mol. The predicted molar refractivity (Wildman–Crippen MR) is 73.5 cm³/mol. The molecule has 0 spiro atoms. The molecule has 0 aliphatic rings. The van der Waals surface area contributed by atoms with Gasteiger partial charge in [-0.25, -0.2) is 8.78 Å². The third-order valence-corrected chi connectivity index (χ3v) is 3.42. The fourth-order valence-electron chi connectivity index (χ4n) is 1.86. The van der Waals surface area contributed by atoms with Crippen LogP contribution in [0.15, 0.2) is 36.4 Å². The molecule has 1 nitrogen and oxygen atoms in total. The van der Waals surface area contributed by atoms with Crippen molar-refractivity contribution in [1.82, 2.24) is 0 Å². The molecule has 0 bridgehead atoms. The van der Waals surface area contributed by atoms with E-state index in [1.54, 1.807) is 18.2 Å². The van der Waals surface area contributed by atoms with Gasteiger partial charge in [0, 0.05) is 21.7 Å². The molecule has 100 valence electrons. The van der Waals surface area contributed by atoms with Gasteiger partial charge in [-0.05, 0) is 42.3 Å². The summed E-state index contributed by atoms with van der Waals surface area (Å²) in [7, 11) is 0. The quantitative estimate of drug-likeness (QED) is 0.886. The first kappa shape index (κ1) is 14.3. The van der Waals surface area contributed by atoms with Crippen molar-refractivity contribution >= 4 is 23.2 Å². The Morgan fingerprint density at radius 1 is 1.05 bits per heavy atom. The summed E-state index contributed by atoms with van der Waals surface area (Å²) < 4.78 is 27.1. The number of hydrogen-bond acceptors (Lipinski definition) is 1. The van der Waals surface area contributed by atoms with E-state index in [-0.39, 0.29) is 12.0 Å². The topological polar surface area (TPSA) is 26.0 Å². The summed E-state index contributed by atoms with van der Waals surface area (Å²) in [5.74, 6) is -1.23. The molecule has 0 radical (unpaired) electrons. The van der Waals surface area contributed by atoms with Gasteiger partial charge < -0.3 is 5.73 Å². The lowest BCUT2D eigenvalue weighted by molar-refractivity contribution is 0.540. The van der Waals surface area contributed by atoms with Crippen LogP contribution < -0.4 is 5.73 Å². The van der Waals surface area contributed by atoms with Gasteiger partial charge in [-0.2, -0.15) is 0 Å². The molecule has 2 aromatic carbocycles. The van der Waals surface area contributed by atoms with E-state index >= 15 is 0 Å². The Hall–Kier alpha value is -1.16. The van der Waals surface area contributed by atoms with Crippen molar-refractivity contribution in [2.24, 2.45) is 5.73 Å². The SMILES string of the molecule is NC(Cc1c(F)cccc1F)c1cc(Cl)ccc1Cl. The Bertz CT molecular complexity index is 582. The molecule has 0 fully saturated rings. The van der Waals surface area contributed by atoms with Gasteiger partial charge in [0.1, 0.15) is 11.6 Å². The van der Waals surface area contributed by atoms with Gasteiger partial charge in [0.25, 0.3) is 0 Å². The van der Waals surface area contributed by atoms with Crippen LogP contribution in [0.2, 0.25) is 10.0 Å². The molecule has 0 saturated carbocycles. The zero-order valence-corrected chi connectivity index (χ0v) is 11.3. The zero-order chi connectivity index (χ0) is 14.0. The van der Waals surface area contributed by atoms with Crippen LogP contribution >= 0.6 is 23.2 Å². The minimum absolute atomic E-state index is 0.0125. The van der Waals surface area contributed by atoms with Crippen molar-refractivity contribution in [1.29, 1.82) is 0 Å². The Kier molecular flexibility index (Phi) is 4.40. The highest BCUT2D eigenvalue weighted by Crippen LogP contribution is 2.28. The third-order valence-electron chi connectivity index (χ3n) is 2.84. The molecule has 2 rings (SSSR count). The normalized spacial score (nSPS) is 12.5. The van der Waals surface area contributed by atoms with Gasteiger partial charge in [-0.1, -0.05) is 29.3 Å². The summed E-state index contributed by atoms with van der Waals surface area (Å²) in [6.07, 6.45) is 0.0125. The van der Waals surface area contributed by atoms with Crippen molar-refractivity contribution < 1.29 is 8.78 Å². The third kappa shape index (κ3) is 3.24. The van der Waals surface area contributed by atoms with Crippen LogP contribution in [0.4, 0.5) is 8.78 Å². The van der Waals surface area contributed by atoms with Gasteiger partial charge in [-0.15, -0.1) is 0 Å². The first-order valence-corrected chi connectivity index (χ1v) is 6.38. The molecular formula is C14H11Cl2F2N. The molecule has 0 saturated heterocycles. The standard InChI is InChI=1S/C14H11Cl2F2N/c15-8-4-5-11(16)9(6-8)14(19)7-10-12(17)2-1-3-13(10)18/h1-6,14H,7,19H2. The van der Waals surface area contributed by atoms with Crippen molar-refractivity contribution in [2.75, 3.05) is 0 Å². The highest BCUT2D eigenvalue weighted by atomic mass is 35.5. The first-order valence-electron chi connectivity index (χ1n) is 5.62. The second-order valence-electron chi connectivity index (χ2n) is 4.18. The van der Waals surface area contributed by atoms with E-state index < -0.39 is 17.7 Å². The second-order valence-corrected chi connectivity index (χ2v) is 5.02. The van der Waals surface area contributed by atoms with Crippen molar-refractivity contribution in [3.63, 3.8) is 0 Å². The average Bonchev–Trinajstić information content (AvgIpc) is 2.37. The second kappa shape index (κ2) is 5.87. The van der Waals surface area contributed by atoms with Crippen LogP contribution in [0, 0.1) is 11.6 Å². The van der Waals surface area contributed by atoms with E-state index in [9.17, 15) is 8.78 Å². The predicted octanol–water partition coefficient (Wildman–Crippen LogP) is 4.51. The van der Waals surface area contributed by atoms with Crippen LogP contribution in [0.3, 0.4) is 0 Å². The molecular weight excluding hydrogens is 291 g/mol. The van der Waals surface area contributed by atoms with E-state index in [4.69, 9.17) is 28.9 Å². The molecule has 0 heterocycles. The molecule has 0 aliphatic carbocycles. The minimum Gasteiger partial charge on any atom is -0.324 e. The van der Waals surface area contributed by atoms with E-state index in [0.717, 1.165) is 0 Å².